The maximum Gasteiger partial charge on any atom is 0.335 e. The fourth-order valence-electron chi connectivity index (χ4n) is 2.60. The molecule has 2 aromatic carbocycles. The van der Waals surface area contributed by atoms with E-state index in [4.69, 9.17) is 22.6 Å². The number of benzene rings is 2. The fourth-order valence-corrected chi connectivity index (χ4v) is 5.54. The van der Waals surface area contributed by atoms with Crippen molar-refractivity contribution in [1.82, 2.24) is 0 Å². The van der Waals surface area contributed by atoms with E-state index in [0.717, 1.165) is 10.9 Å². The molecule has 0 fully saturated rings. The van der Waals surface area contributed by atoms with E-state index >= 15 is 0 Å². The Hall–Kier alpha value is -1.82. The number of alkyl halides is 1. The van der Waals surface area contributed by atoms with Crippen LogP contribution in [0.25, 0.3) is 0 Å². The summed E-state index contributed by atoms with van der Waals surface area (Å²) in [4.78, 5) is 19.8. The molecule has 0 aliphatic heterocycles. The van der Waals surface area contributed by atoms with Gasteiger partial charge in [-0.2, -0.15) is 0 Å². The lowest BCUT2D eigenvalue weighted by molar-refractivity contribution is -0.385. The third-order valence-corrected chi connectivity index (χ3v) is 8.29. The van der Waals surface area contributed by atoms with Crippen LogP contribution in [0.3, 0.4) is 0 Å². The van der Waals surface area contributed by atoms with Gasteiger partial charge in [0.25, 0.3) is 11.4 Å². The lowest BCUT2D eigenvalue weighted by Gasteiger charge is -2.16. The zero-order chi connectivity index (χ0) is 29.7. The van der Waals surface area contributed by atoms with E-state index in [1.54, 1.807) is 38.1 Å². The normalized spacial score (nSPS) is 10.7. The van der Waals surface area contributed by atoms with Crippen molar-refractivity contribution >= 4 is 43.5 Å². The van der Waals surface area contributed by atoms with Crippen molar-refractivity contribution in [3.63, 3.8) is 0 Å². The third kappa shape index (κ3) is 16.8. The van der Waals surface area contributed by atoms with Crippen LogP contribution in [0.2, 0.25) is 0 Å². The van der Waals surface area contributed by atoms with Gasteiger partial charge in [-0.1, -0.05) is 40.2 Å². The number of halogens is 1. The van der Waals surface area contributed by atoms with E-state index in [2.05, 4.69) is 15.9 Å². The lowest BCUT2D eigenvalue weighted by Crippen LogP contribution is -1.99. The molecule has 0 aliphatic rings. The molecule has 0 heterocycles. The third-order valence-electron chi connectivity index (χ3n) is 4.18. The van der Waals surface area contributed by atoms with Crippen LogP contribution in [0.4, 0.5) is 11.4 Å². The van der Waals surface area contributed by atoms with Crippen molar-refractivity contribution in [3.05, 3.63) is 79.9 Å². The molecular weight excluding hydrogens is 618 g/mol. The highest BCUT2D eigenvalue weighted by molar-refractivity contribution is 9.08. The highest BCUT2D eigenvalue weighted by atomic mass is 79.9. The Labute approximate surface area is 239 Å². The van der Waals surface area contributed by atoms with Crippen LogP contribution in [0.1, 0.15) is 45.7 Å². The molecule has 0 amide bonds. The Morgan fingerprint density at radius 2 is 1.05 bits per heavy atom. The topological polar surface area (TPSA) is 150 Å². The van der Waals surface area contributed by atoms with Crippen LogP contribution in [0.15, 0.2) is 48.5 Å². The second kappa shape index (κ2) is 21.9. The number of nitro benzene ring substituents is 2. The first-order chi connectivity index (χ1) is 18.6. The van der Waals surface area contributed by atoms with Gasteiger partial charge in [0.15, 0.2) is 0 Å². The predicted octanol–water partition coefficient (Wildman–Crippen LogP) is 8.17. The van der Waals surface area contributed by atoms with Crippen molar-refractivity contribution in [2.24, 2.45) is 0 Å². The minimum absolute atomic E-state index is 0.00130. The Balaban J connectivity index is 0.000000593. The highest BCUT2D eigenvalue weighted by Gasteiger charge is 2.24. The van der Waals surface area contributed by atoms with Gasteiger partial charge in [-0.3, -0.25) is 24.8 Å². The number of nitro groups is 2. The smallest absolute Gasteiger partial charge is 0.313 e. The van der Waals surface area contributed by atoms with Gasteiger partial charge in [0.2, 0.25) is 0 Å². The van der Waals surface area contributed by atoms with E-state index in [0.29, 0.717) is 38.6 Å². The summed E-state index contributed by atoms with van der Waals surface area (Å²) in [5.41, 5.74) is 1.86. The van der Waals surface area contributed by atoms with E-state index < -0.39 is 26.0 Å². The summed E-state index contributed by atoms with van der Waals surface area (Å²) in [6.45, 7) is 11.8. The van der Waals surface area contributed by atoms with Gasteiger partial charge in [-0.25, -0.2) is 0 Å². The molecular formula is C24H37BrN2O10P2. The first kappa shape index (κ1) is 37.2. The summed E-state index contributed by atoms with van der Waals surface area (Å²) in [7, 11) is -4.21. The van der Waals surface area contributed by atoms with Crippen LogP contribution in [0.5, 0.6) is 0 Å². The number of rotatable bonds is 15. The summed E-state index contributed by atoms with van der Waals surface area (Å²) in [5, 5.41) is 21.4. The van der Waals surface area contributed by atoms with E-state index in [-0.39, 0.29) is 17.5 Å². The largest absolute Gasteiger partial charge is 0.335 e. The quantitative estimate of drug-likeness (QED) is 0.0796. The second-order valence-corrected chi connectivity index (χ2v) is 10.9. The molecule has 0 N–H and O–H groups in total. The van der Waals surface area contributed by atoms with Crippen molar-refractivity contribution in [3.8, 4) is 0 Å². The maximum atomic E-state index is 12.2. The Morgan fingerprint density at radius 1 is 0.692 bits per heavy atom. The first-order valence-corrected chi connectivity index (χ1v) is 16.1. The number of hydrogen-bond donors (Lipinski definition) is 0. The molecule has 0 radical (unpaired) electrons. The summed E-state index contributed by atoms with van der Waals surface area (Å²) in [6, 6.07) is 12.3. The average Bonchev–Trinajstić information content (AvgIpc) is 2.90. The van der Waals surface area contributed by atoms with Crippen molar-refractivity contribution in [2.45, 2.75) is 46.1 Å². The molecule has 0 unspecified atom stereocenters. The van der Waals surface area contributed by atoms with Crippen molar-refractivity contribution in [2.75, 3.05) is 33.0 Å². The minimum Gasteiger partial charge on any atom is -0.313 e. The Bertz CT molecular complexity index is 973. The molecule has 0 atom stereocenters. The Morgan fingerprint density at radius 3 is 1.33 bits per heavy atom. The molecule has 39 heavy (non-hydrogen) atoms. The molecule has 2 rings (SSSR count). The number of hydrogen-bond acceptors (Lipinski definition) is 10. The molecule has 0 aromatic heterocycles. The zero-order valence-corrected chi connectivity index (χ0v) is 26.2. The molecule has 0 saturated carbocycles. The van der Waals surface area contributed by atoms with Gasteiger partial charge in [0.05, 0.1) is 49.0 Å². The molecule has 12 nitrogen and oxygen atoms in total. The summed E-state index contributed by atoms with van der Waals surface area (Å²) in [5.74, 6) is 0. The predicted molar refractivity (Wildman–Crippen MR) is 155 cm³/mol. The summed E-state index contributed by atoms with van der Waals surface area (Å²) in [6.07, 6.45) is 0.118. The van der Waals surface area contributed by atoms with Crippen molar-refractivity contribution < 1.29 is 37.0 Å². The van der Waals surface area contributed by atoms with Gasteiger partial charge >= 0.3 is 16.2 Å². The van der Waals surface area contributed by atoms with Crippen LogP contribution in [0, 0.1) is 20.2 Å². The molecule has 220 valence electrons. The minimum atomic E-state index is -3.15. The number of non-ortho nitro benzene ring substituents is 2. The monoisotopic (exact) mass is 654 g/mol. The second-order valence-electron chi connectivity index (χ2n) is 7.06. The van der Waals surface area contributed by atoms with E-state index in [1.807, 2.05) is 20.8 Å². The molecule has 0 saturated heterocycles. The first-order valence-electron chi connectivity index (χ1n) is 12.2. The van der Waals surface area contributed by atoms with E-state index in [9.17, 15) is 24.8 Å². The van der Waals surface area contributed by atoms with Gasteiger partial charge in [0, 0.05) is 29.6 Å². The fraction of sp³-hybridized carbons (Fsp3) is 0.500. The zero-order valence-electron chi connectivity index (χ0n) is 22.8. The van der Waals surface area contributed by atoms with Gasteiger partial charge < -0.3 is 22.6 Å². The number of nitrogens with zero attached hydrogens (tertiary/aromatic N) is 2. The summed E-state index contributed by atoms with van der Waals surface area (Å²) >= 11 is 3.25. The SMILES string of the molecule is CCOP(=O)(Cc1ccc([N+](=O)[O-])cc1)OCC.CCOP(OCC)OCC.O=[N+]([O-])c1ccc(CBr)cc1. The molecule has 2 aromatic rings. The molecule has 0 aliphatic carbocycles. The average molecular weight is 655 g/mol. The standard InChI is InChI=1S/C11H16NO5P.C7H6BrNO2.C6H15O3P/c1-3-16-18(15,17-4-2)9-10-5-7-11(8-6-10)12(13)14;8-5-6-1-3-7(4-2-6)9(10)11;1-4-7-10(8-5-2)9-6-3/h5-8H,3-4,9H2,1-2H3;1-4H,5H2;4-6H2,1-3H3. The van der Waals surface area contributed by atoms with Crippen LogP contribution < -0.4 is 0 Å². The van der Waals surface area contributed by atoms with Gasteiger partial charge in [0.1, 0.15) is 0 Å². The van der Waals surface area contributed by atoms with Crippen LogP contribution in [-0.2, 0) is 38.7 Å². The molecule has 0 bridgehead atoms. The van der Waals surface area contributed by atoms with Crippen LogP contribution in [-0.4, -0.2) is 42.9 Å². The van der Waals surface area contributed by atoms with Crippen LogP contribution >= 0.6 is 32.1 Å². The maximum absolute atomic E-state index is 12.2. The molecule has 15 heteroatoms. The van der Waals surface area contributed by atoms with Gasteiger partial charge in [-0.15, -0.1) is 0 Å². The highest BCUT2D eigenvalue weighted by Crippen LogP contribution is 2.51. The van der Waals surface area contributed by atoms with E-state index in [1.165, 1.54) is 24.3 Å². The molecule has 0 spiro atoms. The lowest BCUT2D eigenvalue weighted by atomic mass is 10.2. The Kier molecular flexibility index (Phi) is 20.9. The van der Waals surface area contributed by atoms with Gasteiger partial charge in [-0.05, 0) is 45.7 Å². The summed E-state index contributed by atoms with van der Waals surface area (Å²) < 4.78 is 38.0. The van der Waals surface area contributed by atoms with Crippen molar-refractivity contribution in [1.29, 1.82) is 0 Å².